The van der Waals surface area contributed by atoms with Crippen molar-refractivity contribution in [3.8, 4) is 5.75 Å². The predicted molar refractivity (Wildman–Crippen MR) is 53.2 cm³/mol. The molecule has 2 aromatic rings. The number of hydrogen-bond acceptors (Lipinski definition) is 3. The number of rotatable bonds is 2. The summed E-state index contributed by atoms with van der Waals surface area (Å²) in [6, 6.07) is 5.12. The average Bonchev–Trinajstić information content (AvgIpc) is 2.61. The number of aliphatic hydroxyl groups excluding tert-OH is 1. The molecule has 2 rings (SSSR count). The van der Waals surface area contributed by atoms with Gasteiger partial charge in [-0.15, -0.1) is 0 Å². The Balaban J connectivity index is 2.67. The quantitative estimate of drug-likeness (QED) is 0.766. The normalized spacial score (nSPS) is 11.0. The zero-order valence-corrected chi connectivity index (χ0v) is 7.95. The molecule has 0 atom stereocenters. The van der Waals surface area contributed by atoms with Crippen LogP contribution in [0, 0.1) is 0 Å². The lowest BCUT2D eigenvalue weighted by molar-refractivity contribution is 0.281. The van der Waals surface area contributed by atoms with Crippen molar-refractivity contribution in [1.29, 1.82) is 0 Å². The van der Waals surface area contributed by atoms with E-state index in [1.165, 1.54) is 0 Å². The summed E-state index contributed by atoms with van der Waals surface area (Å²) in [4.78, 5) is 0. The molecule has 0 bridgehead atoms. The summed E-state index contributed by atoms with van der Waals surface area (Å²) in [6.07, 6.45) is 0.794. The lowest BCUT2D eigenvalue weighted by Gasteiger charge is -1.97. The van der Waals surface area contributed by atoms with E-state index in [1.807, 2.05) is 13.0 Å². The molecule has 1 aromatic heterocycles. The van der Waals surface area contributed by atoms with Crippen molar-refractivity contribution >= 4 is 11.0 Å². The second-order valence-corrected chi connectivity index (χ2v) is 3.25. The summed E-state index contributed by atoms with van der Waals surface area (Å²) >= 11 is 0. The van der Waals surface area contributed by atoms with Crippen LogP contribution < -0.4 is 0 Å². The highest BCUT2D eigenvalue weighted by Crippen LogP contribution is 2.29. The largest absolute Gasteiger partial charge is 0.507 e. The molecule has 0 amide bonds. The molecule has 0 radical (unpaired) electrons. The molecule has 0 spiro atoms. The number of aliphatic hydroxyl groups is 1. The molecule has 74 valence electrons. The van der Waals surface area contributed by atoms with Crippen LogP contribution in [0.4, 0.5) is 0 Å². The smallest absolute Gasteiger partial charge is 0.138 e. The van der Waals surface area contributed by atoms with Gasteiger partial charge in [-0.2, -0.15) is 0 Å². The summed E-state index contributed by atoms with van der Waals surface area (Å²) < 4.78 is 5.47. The van der Waals surface area contributed by atoms with Gasteiger partial charge in [0, 0.05) is 6.42 Å². The molecule has 0 aliphatic heterocycles. The van der Waals surface area contributed by atoms with Gasteiger partial charge in [-0.1, -0.05) is 6.92 Å². The highest BCUT2D eigenvalue weighted by Gasteiger charge is 2.08. The fourth-order valence-corrected chi connectivity index (χ4v) is 1.49. The van der Waals surface area contributed by atoms with E-state index in [1.54, 1.807) is 12.1 Å². The molecule has 14 heavy (non-hydrogen) atoms. The summed E-state index contributed by atoms with van der Waals surface area (Å²) in [5.74, 6) is 1.00. The topological polar surface area (TPSA) is 53.6 Å². The van der Waals surface area contributed by atoms with Crippen LogP contribution in [-0.2, 0) is 13.0 Å². The standard InChI is InChI=1S/C11H12O3/c1-2-8-5-9-10(13)3-7(6-12)4-11(9)14-8/h3-5,12-13H,2,6H2,1H3. The maximum atomic E-state index is 9.62. The van der Waals surface area contributed by atoms with Crippen LogP contribution in [0.25, 0.3) is 11.0 Å². The van der Waals surface area contributed by atoms with Crippen LogP contribution in [-0.4, -0.2) is 10.2 Å². The SMILES string of the molecule is CCc1cc2c(O)cc(CO)cc2o1. The lowest BCUT2D eigenvalue weighted by atomic mass is 10.1. The Labute approximate surface area is 81.6 Å². The third-order valence-electron chi connectivity index (χ3n) is 2.26. The predicted octanol–water partition coefficient (Wildman–Crippen LogP) is 2.19. The first-order valence-electron chi connectivity index (χ1n) is 4.59. The van der Waals surface area contributed by atoms with E-state index in [4.69, 9.17) is 9.52 Å². The van der Waals surface area contributed by atoms with Crippen LogP contribution in [0.2, 0.25) is 0 Å². The van der Waals surface area contributed by atoms with E-state index in [0.717, 1.165) is 12.2 Å². The number of hydrogen-bond donors (Lipinski definition) is 2. The lowest BCUT2D eigenvalue weighted by Crippen LogP contribution is -1.81. The van der Waals surface area contributed by atoms with Gasteiger partial charge in [0.25, 0.3) is 0 Å². The molecular formula is C11H12O3. The van der Waals surface area contributed by atoms with Gasteiger partial charge in [-0.25, -0.2) is 0 Å². The van der Waals surface area contributed by atoms with Crippen LogP contribution >= 0.6 is 0 Å². The van der Waals surface area contributed by atoms with Crippen LogP contribution in [0.15, 0.2) is 22.6 Å². The Bertz CT molecular complexity index is 457. The molecule has 0 aliphatic rings. The number of furan rings is 1. The summed E-state index contributed by atoms with van der Waals surface area (Å²) in [6.45, 7) is 1.90. The van der Waals surface area contributed by atoms with Crippen molar-refractivity contribution in [2.24, 2.45) is 0 Å². The molecule has 0 fully saturated rings. The molecular weight excluding hydrogens is 180 g/mol. The van der Waals surface area contributed by atoms with Crippen molar-refractivity contribution in [2.45, 2.75) is 20.0 Å². The number of fused-ring (bicyclic) bond motifs is 1. The fraction of sp³-hybridized carbons (Fsp3) is 0.273. The van der Waals surface area contributed by atoms with Gasteiger partial charge in [0.1, 0.15) is 17.1 Å². The first-order valence-corrected chi connectivity index (χ1v) is 4.59. The van der Waals surface area contributed by atoms with Crippen LogP contribution in [0.5, 0.6) is 5.75 Å². The minimum atomic E-state index is -0.0916. The highest BCUT2D eigenvalue weighted by atomic mass is 16.3. The molecule has 1 aromatic carbocycles. The zero-order valence-electron chi connectivity index (χ0n) is 7.95. The van der Waals surface area contributed by atoms with Crippen molar-refractivity contribution in [3.63, 3.8) is 0 Å². The number of benzene rings is 1. The second-order valence-electron chi connectivity index (χ2n) is 3.25. The van der Waals surface area contributed by atoms with Gasteiger partial charge in [-0.3, -0.25) is 0 Å². The fourth-order valence-electron chi connectivity index (χ4n) is 1.49. The molecule has 3 nitrogen and oxygen atoms in total. The number of aryl methyl sites for hydroxylation is 1. The van der Waals surface area contributed by atoms with Gasteiger partial charge in [0.2, 0.25) is 0 Å². The van der Waals surface area contributed by atoms with Gasteiger partial charge in [-0.05, 0) is 23.8 Å². The summed E-state index contributed by atoms with van der Waals surface area (Å²) in [7, 11) is 0. The van der Waals surface area contributed by atoms with Crippen molar-refractivity contribution in [1.82, 2.24) is 0 Å². The maximum absolute atomic E-state index is 9.62. The van der Waals surface area contributed by atoms with E-state index in [2.05, 4.69) is 0 Å². The van der Waals surface area contributed by atoms with E-state index < -0.39 is 0 Å². The van der Waals surface area contributed by atoms with E-state index in [9.17, 15) is 5.11 Å². The maximum Gasteiger partial charge on any atom is 0.138 e. The Morgan fingerprint density at radius 2 is 2.07 bits per heavy atom. The van der Waals surface area contributed by atoms with E-state index in [0.29, 0.717) is 16.5 Å². The van der Waals surface area contributed by atoms with Crippen molar-refractivity contribution in [2.75, 3.05) is 0 Å². The minimum absolute atomic E-state index is 0.0916. The Kier molecular flexibility index (Phi) is 2.17. The molecule has 2 N–H and O–H groups in total. The van der Waals surface area contributed by atoms with Gasteiger partial charge in [0.15, 0.2) is 0 Å². The Morgan fingerprint density at radius 1 is 1.29 bits per heavy atom. The monoisotopic (exact) mass is 192 g/mol. The molecule has 3 heteroatoms. The van der Waals surface area contributed by atoms with Crippen molar-refractivity contribution in [3.05, 3.63) is 29.5 Å². The first-order chi connectivity index (χ1) is 6.74. The zero-order chi connectivity index (χ0) is 10.1. The number of phenols is 1. The molecule has 0 unspecified atom stereocenters. The molecule has 0 saturated carbocycles. The Morgan fingerprint density at radius 3 is 2.71 bits per heavy atom. The minimum Gasteiger partial charge on any atom is -0.507 e. The first kappa shape index (κ1) is 9.09. The summed E-state index contributed by atoms with van der Waals surface area (Å²) in [5.41, 5.74) is 1.29. The van der Waals surface area contributed by atoms with Gasteiger partial charge in [0.05, 0.1) is 12.0 Å². The second kappa shape index (κ2) is 3.35. The summed E-state index contributed by atoms with van der Waals surface area (Å²) in [5, 5.41) is 19.3. The molecule has 0 aliphatic carbocycles. The highest BCUT2D eigenvalue weighted by molar-refractivity contribution is 5.85. The average molecular weight is 192 g/mol. The van der Waals surface area contributed by atoms with Gasteiger partial charge < -0.3 is 14.6 Å². The number of aromatic hydroxyl groups is 1. The van der Waals surface area contributed by atoms with Crippen LogP contribution in [0.3, 0.4) is 0 Å². The third kappa shape index (κ3) is 1.36. The Hall–Kier alpha value is -1.48. The van der Waals surface area contributed by atoms with E-state index >= 15 is 0 Å². The third-order valence-corrected chi connectivity index (χ3v) is 2.26. The van der Waals surface area contributed by atoms with Gasteiger partial charge >= 0.3 is 0 Å². The van der Waals surface area contributed by atoms with E-state index in [-0.39, 0.29) is 12.4 Å². The molecule has 0 saturated heterocycles. The van der Waals surface area contributed by atoms with Crippen LogP contribution in [0.1, 0.15) is 18.2 Å². The molecule has 1 heterocycles. The number of phenolic OH excluding ortho intramolecular Hbond substituents is 1. The van der Waals surface area contributed by atoms with Crippen molar-refractivity contribution < 1.29 is 14.6 Å².